The van der Waals surface area contributed by atoms with Crippen molar-refractivity contribution in [2.75, 3.05) is 0 Å². The molecule has 0 amide bonds. The van der Waals surface area contributed by atoms with E-state index in [-0.39, 0.29) is 5.54 Å². The molecular formula is C6H10N2. The van der Waals surface area contributed by atoms with E-state index in [9.17, 15) is 0 Å². The lowest BCUT2D eigenvalue weighted by molar-refractivity contribution is 0.654. The number of allylic oxidation sites excluding steroid dienone is 1. The zero-order valence-electron chi connectivity index (χ0n) is 5.18. The number of rotatable bonds is 1. The van der Waals surface area contributed by atoms with Crippen LogP contribution in [0.3, 0.4) is 0 Å². The van der Waals surface area contributed by atoms with Crippen LogP contribution in [0.25, 0.3) is 0 Å². The maximum absolute atomic E-state index is 8.04. The molecule has 0 saturated heterocycles. The van der Waals surface area contributed by atoms with E-state index in [1.807, 2.05) is 19.9 Å². The van der Waals surface area contributed by atoms with Crippen LogP contribution in [0.4, 0.5) is 0 Å². The molecule has 0 saturated carbocycles. The summed E-state index contributed by atoms with van der Waals surface area (Å²) in [5.74, 6) is 0. The minimum absolute atomic E-state index is 0.351. The Morgan fingerprint density at radius 1 is 1.62 bits per heavy atom. The lowest BCUT2D eigenvalue weighted by Crippen LogP contribution is -2.28. The van der Waals surface area contributed by atoms with Gasteiger partial charge in [0.2, 0.25) is 0 Å². The topological polar surface area (TPSA) is 49.8 Å². The molecule has 44 valence electrons. The molecule has 0 aliphatic carbocycles. The van der Waals surface area contributed by atoms with Crippen molar-refractivity contribution in [3.8, 4) is 6.07 Å². The van der Waals surface area contributed by atoms with Crippen LogP contribution in [0.2, 0.25) is 0 Å². The van der Waals surface area contributed by atoms with Gasteiger partial charge in [-0.25, -0.2) is 0 Å². The van der Waals surface area contributed by atoms with E-state index in [2.05, 4.69) is 0 Å². The lowest BCUT2D eigenvalue weighted by Gasteiger charge is -2.09. The molecule has 2 heteroatoms. The number of nitrogens with two attached hydrogens (primary N) is 1. The molecule has 0 unspecified atom stereocenters. The minimum atomic E-state index is -0.351. The first-order valence-corrected chi connectivity index (χ1v) is 2.42. The number of nitrogens with zero attached hydrogens (tertiary/aromatic N) is 1. The molecule has 0 aliphatic heterocycles. The van der Waals surface area contributed by atoms with E-state index in [4.69, 9.17) is 11.0 Å². The van der Waals surface area contributed by atoms with Gasteiger partial charge in [0.1, 0.15) is 0 Å². The third-order valence-corrected chi connectivity index (χ3v) is 0.587. The van der Waals surface area contributed by atoms with Gasteiger partial charge in [-0.15, -0.1) is 0 Å². The minimum Gasteiger partial charge on any atom is -0.322 e. The van der Waals surface area contributed by atoms with Crippen molar-refractivity contribution in [2.24, 2.45) is 5.73 Å². The van der Waals surface area contributed by atoms with Crippen molar-refractivity contribution in [3.05, 3.63) is 12.2 Å². The van der Waals surface area contributed by atoms with Gasteiger partial charge in [-0.1, -0.05) is 6.08 Å². The molecule has 0 rings (SSSR count). The Morgan fingerprint density at radius 3 is 2.25 bits per heavy atom. The lowest BCUT2D eigenvalue weighted by atomic mass is 10.1. The summed E-state index contributed by atoms with van der Waals surface area (Å²) >= 11 is 0. The summed E-state index contributed by atoms with van der Waals surface area (Å²) in [6.45, 7) is 3.67. The summed E-state index contributed by atoms with van der Waals surface area (Å²) in [5, 5.41) is 8.04. The predicted octanol–water partition coefficient (Wildman–Crippen LogP) is 0.803. The monoisotopic (exact) mass is 110 g/mol. The second-order valence-corrected chi connectivity index (χ2v) is 2.28. The van der Waals surface area contributed by atoms with E-state index < -0.39 is 0 Å². The van der Waals surface area contributed by atoms with E-state index in [0.29, 0.717) is 0 Å². The van der Waals surface area contributed by atoms with Crippen molar-refractivity contribution in [1.29, 1.82) is 5.26 Å². The Balaban J connectivity index is 3.75. The zero-order valence-corrected chi connectivity index (χ0v) is 5.18. The maximum Gasteiger partial charge on any atom is 0.0909 e. The van der Waals surface area contributed by atoms with Crippen molar-refractivity contribution < 1.29 is 0 Å². The molecule has 0 heterocycles. The van der Waals surface area contributed by atoms with E-state index in [1.54, 1.807) is 6.08 Å². The van der Waals surface area contributed by atoms with E-state index >= 15 is 0 Å². The van der Waals surface area contributed by atoms with Crippen LogP contribution in [0.15, 0.2) is 12.2 Å². The normalized spacial score (nSPS) is 11.8. The van der Waals surface area contributed by atoms with E-state index in [0.717, 1.165) is 0 Å². The molecule has 0 aliphatic rings. The average Bonchev–Trinajstić information content (AvgIpc) is 1.59. The van der Waals surface area contributed by atoms with Gasteiger partial charge in [-0.05, 0) is 13.8 Å². The summed E-state index contributed by atoms with van der Waals surface area (Å²) in [6.07, 6.45) is 3.05. The summed E-state index contributed by atoms with van der Waals surface area (Å²) in [6, 6.07) is 1.86. The van der Waals surface area contributed by atoms with Crippen LogP contribution >= 0.6 is 0 Å². The molecule has 0 spiro atoms. The predicted molar refractivity (Wildman–Crippen MR) is 33.0 cm³/mol. The van der Waals surface area contributed by atoms with Gasteiger partial charge in [0.15, 0.2) is 0 Å². The third kappa shape index (κ3) is 5.19. The molecule has 0 bridgehead atoms. The Hall–Kier alpha value is -0.810. The molecule has 0 atom stereocenters. The van der Waals surface area contributed by atoms with Crippen LogP contribution in [-0.2, 0) is 0 Å². The number of nitriles is 1. The average molecular weight is 110 g/mol. The molecular weight excluding hydrogens is 100 g/mol. The van der Waals surface area contributed by atoms with Crippen LogP contribution in [0.5, 0.6) is 0 Å². The maximum atomic E-state index is 8.04. The molecule has 8 heavy (non-hydrogen) atoms. The van der Waals surface area contributed by atoms with Gasteiger partial charge < -0.3 is 5.73 Å². The van der Waals surface area contributed by atoms with Crippen LogP contribution in [0.1, 0.15) is 13.8 Å². The molecule has 0 radical (unpaired) electrons. The van der Waals surface area contributed by atoms with Gasteiger partial charge in [0.25, 0.3) is 0 Å². The van der Waals surface area contributed by atoms with Crippen molar-refractivity contribution in [2.45, 2.75) is 19.4 Å². The fraction of sp³-hybridized carbons (Fsp3) is 0.500. The second kappa shape index (κ2) is 2.49. The SMILES string of the molecule is CC(C)(N)/C=C/C#N. The second-order valence-electron chi connectivity index (χ2n) is 2.28. The molecule has 2 N–H and O–H groups in total. The summed E-state index contributed by atoms with van der Waals surface area (Å²) in [7, 11) is 0. The first kappa shape index (κ1) is 7.19. The molecule has 0 fully saturated rings. The van der Waals surface area contributed by atoms with Crippen LogP contribution < -0.4 is 5.73 Å². The Morgan fingerprint density at radius 2 is 2.12 bits per heavy atom. The molecule has 0 aromatic carbocycles. The molecule has 2 nitrogen and oxygen atoms in total. The Bertz CT molecular complexity index is 122. The van der Waals surface area contributed by atoms with Crippen molar-refractivity contribution in [3.63, 3.8) is 0 Å². The van der Waals surface area contributed by atoms with E-state index in [1.165, 1.54) is 6.08 Å². The van der Waals surface area contributed by atoms with Crippen molar-refractivity contribution >= 4 is 0 Å². The van der Waals surface area contributed by atoms with Gasteiger partial charge in [-0.2, -0.15) is 5.26 Å². The van der Waals surface area contributed by atoms with Crippen LogP contribution in [-0.4, -0.2) is 5.54 Å². The van der Waals surface area contributed by atoms with Gasteiger partial charge in [0.05, 0.1) is 6.07 Å². The quantitative estimate of drug-likeness (QED) is 0.507. The fourth-order valence-electron chi connectivity index (χ4n) is 0.252. The van der Waals surface area contributed by atoms with Crippen LogP contribution in [0, 0.1) is 11.3 Å². The number of hydrogen-bond acceptors (Lipinski definition) is 2. The highest BCUT2D eigenvalue weighted by Crippen LogP contribution is 1.96. The summed E-state index contributed by atoms with van der Waals surface area (Å²) in [5.41, 5.74) is 5.13. The smallest absolute Gasteiger partial charge is 0.0909 e. The Kier molecular flexibility index (Phi) is 2.23. The molecule has 0 aromatic heterocycles. The molecule has 0 aromatic rings. The largest absolute Gasteiger partial charge is 0.322 e. The summed E-state index contributed by atoms with van der Waals surface area (Å²) < 4.78 is 0. The highest BCUT2D eigenvalue weighted by molar-refractivity contribution is 5.09. The Labute approximate surface area is 49.6 Å². The third-order valence-electron chi connectivity index (χ3n) is 0.587. The highest BCUT2D eigenvalue weighted by atomic mass is 14.7. The standard InChI is InChI=1S/C6H10N2/c1-6(2,8)4-3-5-7/h3-4H,8H2,1-2H3/b4-3+. The summed E-state index contributed by atoms with van der Waals surface area (Å²) in [4.78, 5) is 0. The first-order valence-electron chi connectivity index (χ1n) is 2.42. The first-order chi connectivity index (χ1) is 3.56. The number of hydrogen-bond donors (Lipinski definition) is 1. The van der Waals surface area contributed by atoms with Gasteiger partial charge >= 0.3 is 0 Å². The highest BCUT2D eigenvalue weighted by Gasteiger charge is 2.01. The van der Waals surface area contributed by atoms with Gasteiger partial charge in [0, 0.05) is 11.6 Å². The fourth-order valence-corrected chi connectivity index (χ4v) is 0.252. The zero-order chi connectivity index (χ0) is 6.62. The van der Waals surface area contributed by atoms with Crippen molar-refractivity contribution in [1.82, 2.24) is 0 Å². The van der Waals surface area contributed by atoms with Gasteiger partial charge in [-0.3, -0.25) is 0 Å².